The number of hydrogen-bond donors (Lipinski definition) is 0. The summed E-state index contributed by atoms with van der Waals surface area (Å²) >= 11 is 0. The van der Waals surface area contributed by atoms with Gasteiger partial charge in [-0.15, -0.1) is 0 Å². The van der Waals surface area contributed by atoms with E-state index >= 15 is 0 Å². The average molecular weight is 338 g/mol. The van der Waals surface area contributed by atoms with Crippen LogP contribution in [0.15, 0.2) is 45.6 Å². The molecular formula is C20H18O5. The van der Waals surface area contributed by atoms with Crippen LogP contribution in [0.3, 0.4) is 0 Å². The Morgan fingerprint density at radius 1 is 1.04 bits per heavy atom. The summed E-state index contributed by atoms with van der Waals surface area (Å²) in [5, 5.41) is 0.835. The standard InChI is InChI=1S/C20H18O5/c1-11-9-16(24-13(3)21)10-17-18(11)12(2)19(20(22)25-17)14-5-7-15(23-4)8-6-14/h5-10H,1-4H3. The largest absolute Gasteiger partial charge is 0.497 e. The van der Waals surface area contributed by atoms with Crippen molar-refractivity contribution in [2.45, 2.75) is 20.8 Å². The molecule has 0 saturated carbocycles. The van der Waals surface area contributed by atoms with Gasteiger partial charge in [-0.3, -0.25) is 4.79 Å². The second kappa shape index (κ2) is 6.43. The van der Waals surface area contributed by atoms with Gasteiger partial charge in [0.15, 0.2) is 0 Å². The molecule has 3 aromatic rings. The molecule has 2 aromatic carbocycles. The van der Waals surface area contributed by atoms with Crippen molar-refractivity contribution in [3.63, 3.8) is 0 Å². The highest BCUT2D eigenvalue weighted by atomic mass is 16.5. The van der Waals surface area contributed by atoms with Crippen molar-refractivity contribution in [1.29, 1.82) is 0 Å². The van der Waals surface area contributed by atoms with Gasteiger partial charge in [0.25, 0.3) is 0 Å². The number of carbonyl (C=O) groups is 1. The van der Waals surface area contributed by atoms with E-state index in [2.05, 4.69) is 0 Å². The molecule has 0 aliphatic rings. The van der Waals surface area contributed by atoms with Gasteiger partial charge in [0.1, 0.15) is 17.1 Å². The van der Waals surface area contributed by atoms with Gasteiger partial charge < -0.3 is 13.9 Å². The Balaban J connectivity index is 2.23. The molecule has 0 amide bonds. The molecule has 3 rings (SSSR count). The Kier molecular flexibility index (Phi) is 4.31. The summed E-state index contributed by atoms with van der Waals surface area (Å²) in [5.41, 5.74) is 2.93. The van der Waals surface area contributed by atoms with Crippen molar-refractivity contribution in [2.24, 2.45) is 0 Å². The zero-order valence-electron chi connectivity index (χ0n) is 14.5. The number of carbonyl (C=O) groups excluding carboxylic acids is 1. The Hall–Kier alpha value is -3.08. The maximum Gasteiger partial charge on any atom is 0.344 e. The lowest BCUT2D eigenvalue weighted by molar-refractivity contribution is -0.131. The Morgan fingerprint density at radius 2 is 1.72 bits per heavy atom. The van der Waals surface area contributed by atoms with Crippen molar-refractivity contribution < 1.29 is 18.7 Å². The smallest absolute Gasteiger partial charge is 0.344 e. The zero-order chi connectivity index (χ0) is 18.1. The van der Waals surface area contributed by atoms with Crippen molar-refractivity contribution in [3.05, 3.63) is 57.9 Å². The number of esters is 1. The summed E-state index contributed by atoms with van der Waals surface area (Å²) in [4.78, 5) is 23.7. The minimum atomic E-state index is -0.436. The van der Waals surface area contributed by atoms with E-state index in [9.17, 15) is 9.59 Å². The molecule has 25 heavy (non-hydrogen) atoms. The van der Waals surface area contributed by atoms with Crippen LogP contribution in [-0.2, 0) is 4.79 Å². The predicted octanol–water partition coefficient (Wildman–Crippen LogP) is 4.01. The molecule has 0 radical (unpaired) electrons. The molecule has 0 spiro atoms. The lowest BCUT2D eigenvalue weighted by Gasteiger charge is -2.12. The number of methoxy groups -OCH3 is 1. The van der Waals surface area contributed by atoms with Crippen LogP contribution in [0.25, 0.3) is 22.1 Å². The summed E-state index contributed by atoms with van der Waals surface area (Å²) in [5.74, 6) is 0.652. The van der Waals surface area contributed by atoms with Crippen LogP contribution < -0.4 is 15.1 Å². The fourth-order valence-corrected chi connectivity index (χ4v) is 3.03. The van der Waals surface area contributed by atoms with Crippen LogP contribution in [0.5, 0.6) is 11.5 Å². The lowest BCUT2D eigenvalue weighted by Crippen LogP contribution is -2.07. The highest BCUT2D eigenvalue weighted by Crippen LogP contribution is 2.32. The van der Waals surface area contributed by atoms with Crippen LogP contribution in [0.1, 0.15) is 18.1 Å². The van der Waals surface area contributed by atoms with Gasteiger partial charge in [-0.2, -0.15) is 0 Å². The first-order valence-electron chi connectivity index (χ1n) is 7.81. The van der Waals surface area contributed by atoms with Crippen LogP contribution in [0.2, 0.25) is 0 Å². The van der Waals surface area contributed by atoms with Crippen LogP contribution in [0.4, 0.5) is 0 Å². The van der Waals surface area contributed by atoms with Gasteiger partial charge in [-0.25, -0.2) is 4.79 Å². The van der Waals surface area contributed by atoms with Gasteiger partial charge in [0.05, 0.1) is 12.7 Å². The van der Waals surface area contributed by atoms with Crippen LogP contribution in [-0.4, -0.2) is 13.1 Å². The molecule has 0 N–H and O–H groups in total. The molecule has 0 aliphatic heterocycles. The lowest BCUT2D eigenvalue weighted by atomic mass is 9.97. The normalized spacial score (nSPS) is 10.7. The number of fused-ring (bicyclic) bond motifs is 1. The second-order valence-electron chi connectivity index (χ2n) is 5.82. The first kappa shape index (κ1) is 16.8. The summed E-state index contributed by atoms with van der Waals surface area (Å²) in [7, 11) is 1.59. The number of ether oxygens (including phenoxy) is 2. The zero-order valence-corrected chi connectivity index (χ0v) is 14.5. The highest BCUT2D eigenvalue weighted by Gasteiger charge is 2.16. The summed E-state index contributed by atoms with van der Waals surface area (Å²) < 4.78 is 15.8. The van der Waals surface area contributed by atoms with Crippen molar-refractivity contribution in [1.82, 2.24) is 0 Å². The number of benzene rings is 2. The van der Waals surface area contributed by atoms with E-state index in [1.54, 1.807) is 31.4 Å². The molecule has 0 aliphatic carbocycles. The highest BCUT2D eigenvalue weighted by molar-refractivity contribution is 5.90. The third kappa shape index (κ3) is 3.13. The quantitative estimate of drug-likeness (QED) is 0.410. The van der Waals surface area contributed by atoms with Gasteiger partial charge in [-0.1, -0.05) is 12.1 Å². The summed E-state index contributed by atoms with van der Waals surface area (Å²) in [6, 6.07) is 10.6. The number of aryl methyl sites for hydroxylation is 2. The first-order valence-corrected chi connectivity index (χ1v) is 7.81. The van der Waals surface area contributed by atoms with E-state index < -0.39 is 11.6 Å². The molecule has 0 saturated heterocycles. The van der Waals surface area contributed by atoms with Crippen molar-refractivity contribution >= 4 is 16.9 Å². The molecule has 5 nitrogen and oxygen atoms in total. The maximum atomic E-state index is 12.5. The molecule has 128 valence electrons. The van der Waals surface area contributed by atoms with Gasteiger partial charge in [-0.05, 0) is 48.7 Å². The number of rotatable bonds is 3. The SMILES string of the molecule is COc1ccc(-c2c(C)c3c(C)cc(OC(C)=O)cc3oc2=O)cc1. The van der Waals surface area contributed by atoms with E-state index in [1.807, 2.05) is 26.0 Å². The second-order valence-corrected chi connectivity index (χ2v) is 5.82. The Labute approximate surface area is 144 Å². The van der Waals surface area contributed by atoms with E-state index in [0.717, 1.165) is 22.1 Å². The van der Waals surface area contributed by atoms with Gasteiger partial charge in [0, 0.05) is 18.4 Å². The summed E-state index contributed by atoms with van der Waals surface area (Å²) in [6.45, 7) is 5.10. The fourth-order valence-electron chi connectivity index (χ4n) is 3.03. The van der Waals surface area contributed by atoms with E-state index in [4.69, 9.17) is 13.9 Å². The molecule has 1 heterocycles. The molecular weight excluding hydrogens is 320 g/mol. The predicted molar refractivity (Wildman–Crippen MR) is 95.3 cm³/mol. The minimum absolute atomic E-state index is 0.359. The molecule has 1 aromatic heterocycles. The van der Waals surface area contributed by atoms with Gasteiger partial charge >= 0.3 is 11.6 Å². The molecule has 5 heteroatoms. The third-order valence-corrected chi connectivity index (χ3v) is 4.07. The maximum absolute atomic E-state index is 12.5. The van der Waals surface area contributed by atoms with Crippen LogP contribution in [0, 0.1) is 13.8 Å². The molecule has 0 bridgehead atoms. The van der Waals surface area contributed by atoms with Crippen molar-refractivity contribution in [2.75, 3.05) is 7.11 Å². The molecule has 0 unspecified atom stereocenters. The monoisotopic (exact) mass is 338 g/mol. The van der Waals surface area contributed by atoms with E-state index in [1.165, 1.54) is 6.92 Å². The first-order chi connectivity index (χ1) is 11.9. The molecule has 0 atom stereocenters. The van der Waals surface area contributed by atoms with E-state index in [0.29, 0.717) is 22.6 Å². The van der Waals surface area contributed by atoms with Gasteiger partial charge in [0.2, 0.25) is 0 Å². The number of hydrogen-bond acceptors (Lipinski definition) is 5. The average Bonchev–Trinajstić information content (AvgIpc) is 2.54. The van der Waals surface area contributed by atoms with Crippen molar-refractivity contribution in [3.8, 4) is 22.6 Å². The van der Waals surface area contributed by atoms with E-state index in [-0.39, 0.29) is 0 Å². The topological polar surface area (TPSA) is 65.7 Å². The van der Waals surface area contributed by atoms with Crippen LogP contribution >= 0.6 is 0 Å². The molecule has 0 fully saturated rings. The third-order valence-electron chi connectivity index (χ3n) is 4.07. The Morgan fingerprint density at radius 3 is 2.32 bits per heavy atom. The summed E-state index contributed by atoms with van der Waals surface area (Å²) in [6.07, 6.45) is 0. The minimum Gasteiger partial charge on any atom is -0.497 e. The Bertz CT molecular complexity index is 1010. The fraction of sp³-hybridized carbons (Fsp3) is 0.200.